The maximum atomic E-state index is 6.08. The Labute approximate surface area is 102 Å². The summed E-state index contributed by atoms with van der Waals surface area (Å²) in [6.07, 6.45) is 8.06. The van der Waals surface area contributed by atoms with Crippen LogP contribution in [0.1, 0.15) is 31.4 Å². The molecule has 1 aliphatic rings. The van der Waals surface area contributed by atoms with E-state index in [4.69, 9.17) is 10.5 Å². The summed E-state index contributed by atoms with van der Waals surface area (Å²) in [5.74, 6) is 0.587. The fourth-order valence-corrected chi connectivity index (χ4v) is 2.29. The predicted molar refractivity (Wildman–Crippen MR) is 65.7 cm³/mol. The number of rotatable bonds is 4. The van der Waals surface area contributed by atoms with Gasteiger partial charge >= 0.3 is 0 Å². The fraction of sp³-hybridized carbons (Fsp3) is 0.667. The van der Waals surface area contributed by atoms with Crippen LogP contribution in [0.3, 0.4) is 0 Å². The van der Waals surface area contributed by atoms with Crippen molar-refractivity contribution in [1.82, 2.24) is 15.3 Å². The molecule has 0 aliphatic heterocycles. The van der Waals surface area contributed by atoms with Crippen molar-refractivity contribution >= 4 is 0 Å². The molecule has 0 amide bonds. The van der Waals surface area contributed by atoms with Crippen molar-refractivity contribution in [2.45, 2.75) is 44.3 Å². The monoisotopic (exact) mass is 236 g/mol. The minimum absolute atomic E-state index is 0.256. The third-order valence-corrected chi connectivity index (χ3v) is 3.28. The maximum Gasteiger partial charge on any atom is 0.236 e. The van der Waals surface area contributed by atoms with Crippen LogP contribution in [0.2, 0.25) is 0 Å². The van der Waals surface area contributed by atoms with E-state index in [1.165, 1.54) is 12.8 Å². The number of nitrogens with two attached hydrogens (primary N) is 1. The summed E-state index contributed by atoms with van der Waals surface area (Å²) in [6, 6.07) is 0.641. The summed E-state index contributed by atoms with van der Waals surface area (Å²) >= 11 is 0. The lowest BCUT2D eigenvalue weighted by Gasteiger charge is -2.29. The molecule has 0 saturated heterocycles. The number of ether oxygens (including phenoxy) is 1. The Hall–Kier alpha value is -1.20. The molecule has 2 rings (SSSR count). The van der Waals surface area contributed by atoms with Gasteiger partial charge in [0.15, 0.2) is 0 Å². The lowest BCUT2D eigenvalue weighted by molar-refractivity contribution is 0.321. The molecule has 1 aromatic rings. The molecule has 0 aromatic carbocycles. The van der Waals surface area contributed by atoms with Crippen LogP contribution in [0.4, 0.5) is 0 Å². The topological polar surface area (TPSA) is 73.1 Å². The van der Waals surface area contributed by atoms with E-state index in [1.54, 1.807) is 19.5 Å². The fourth-order valence-electron chi connectivity index (χ4n) is 2.29. The van der Waals surface area contributed by atoms with Crippen LogP contribution in [0.25, 0.3) is 0 Å². The first-order valence-electron chi connectivity index (χ1n) is 6.14. The number of aromatic nitrogens is 2. The average Bonchev–Trinajstić information content (AvgIpc) is 2.38. The van der Waals surface area contributed by atoms with Gasteiger partial charge in [-0.25, -0.2) is 4.98 Å². The quantitative estimate of drug-likeness (QED) is 0.810. The molecule has 2 atom stereocenters. The van der Waals surface area contributed by atoms with E-state index in [2.05, 4.69) is 15.3 Å². The Kier molecular flexibility index (Phi) is 4.28. The summed E-state index contributed by atoms with van der Waals surface area (Å²) in [6.45, 7) is 0.662. The van der Waals surface area contributed by atoms with E-state index in [-0.39, 0.29) is 6.04 Å². The van der Waals surface area contributed by atoms with Gasteiger partial charge in [0.25, 0.3) is 0 Å². The van der Waals surface area contributed by atoms with Crippen LogP contribution in [-0.4, -0.2) is 29.2 Å². The summed E-state index contributed by atoms with van der Waals surface area (Å²) in [7, 11) is 1.61. The van der Waals surface area contributed by atoms with Crippen LogP contribution in [0.15, 0.2) is 12.4 Å². The van der Waals surface area contributed by atoms with Gasteiger partial charge in [0, 0.05) is 31.0 Å². The summed E-state index contributed by atoms with van der Waals surface area (Å²) < 4.78 is 5.17. The molecule has 0 spiro atoms. The van der Waals surface area contributed by atoms with E-state index in [0.717, 1.165) is 18.5 Å². The molecule has 1 aromatic heterocycles. The van der Waals surface area contributed by atoms with E-state index in [9.17, 15) is 0 Å². The summed E-state index contributed by atoms with van der Waals surface area (Å²) in [5.41, 5.74) is 6.92. The third-order valence-electron chi connectivity index (χ3n) is 3.28. The Balaban J connectivity index is 1.92. The van der Waals surface area contributed by atoms with Crippen LogP contribution >= 0.6 is 0 Å². The minimum Gasteiger partial charge on any atom is -0.480 e. The second-order valence-electron chi connectivity index (χ2n) is 4.45. The molecule has 94 valence electrons. The van der Waals surface area contributed by atoms with E-state index >= 15 is 0 Å². The molecule has 5 heteroatoms. The van der Waals surface area contributed by atoms with Gasteiger partial charge in [-0.1, -0.05) is 12.8 Å². The van der Waals surface area contributed by atoms with Crippen molar-refractivity contribution in [3.05, 3.63) is 18.1 Å². The standard InChI is InChI=1S/C12H20N4O/c1-17-12-11(14-6-7-15-12)8-16-10-5-3-2-4-9(10)13/h6-7,9-10,16H,2-5,8,13H2,1H3/t9-,10+/m1/s1. The van der Waals surface area contributed by atoms with Crippen LogP contribution in [0.5, 0.6) is 5.88 Å². The molecule has 1 heterocycles. The van der Waals surface area contributed by atoms with Gasteiger partial charge in [0.05, 0.1) is 7.11 Å². The molecule has 1 saturated carbocycles. The molecular formula is C12H20N4O. The molecule has 17 heavy (non-hydrogen) atoms. The lowest BCUT2D eigenvalue weighted by atomic mass is 9.91. The Morgan fingerprint density at radius 1 is 1.35 bits per heavy atom. The molecular weight excluding hydrogens is 216 g/mol. The van der Waals surface area contributed by atoms with Crippen molar-refractivity contribution in [2.75, 3.05) is 7.11 Å². The van der Waals surface area contributed by atoms with Crippen LogP contribution in [0, 0.1) is 0 Å². The highest BCUT2D eigenvalue weighted by molar-refractivity contribution is 5.16. The van der Waals surface area contributed by atoms with Gasteiger partial charge < -0.3 is 15.8 Å². The minimum atomic E-state index is 0.256. The molecule has 5 nitrogen and oxygen atoms in total. The van der Waals surface area contributed by atoms with Gasteiger partial charge in [0.2, 0.25) is 5.88 Å². The lowest BCUT2D eigenvalue weighted by Crippen LogP contribution is -2.46. The molecule has 0 radical (unpaired) electrons. The summed E-state index contributed by atoms with van der Waals surface area (Å²) in [5, 5.41) is 3.45. The zero-order valence-electron chi connectivity index (χ0n) is 10.2. The van der Waals surface area contributed by atoms with Gasteiger partial charge in [-0.15, -0.1) is 0 Å². The SMILES string of the molecule is COc1nccnc1CN[C@H]1CCCC[C@H]1N. The van der Waals surface area contributed by atoms with E-state index in [1.807, 2.05) is 0 Å². The zero-order valence-corrected chi connectivity index (χ0v) is 10.2. The van der Waals surface area contributed by atoms with Crippen LogP contribution in [-0.2, 0) is 6.54 Å². The smallest absolute Gasteiger partial charge is 0.236 e. The van der Waals surface area contributed by atoms with E-state index < -0.39 is 0 Å². The zero-order chi connectivity index (χ0) is 12.1. The average molecular weight is 236 g/mol. The molecule has 0 bridgehead atoms. The van der Waals surface area contributed by atoms with Crippen molar-refractivity contribution in [3.8, 4) is 5.88 Å². The predicted octanol–water partition coefficient (Wildman–Crippen LogP) is 0.845. The van der Waals surface area contributed by atoms with Crippen molar-refractivity contribution in [2.24, 2.45) is 5.73 Å². The van der Waals surface area contributed by atoms with Crippen molar-refractivity contribution in [3.63, 3.8) is 0 Å². The van der Waals surface area contributed by atoms with Gasteiger partial charge in [-0.2, -0.15) is 0 Å². The molecule has 1 aliphatic carbocycles. The normalized spacial score (nSPS) is 24.6. The van der Waals surface area contributed by atoms with Gasteiger partial charge in [-0.05, 0) is 12.8 Å². The maximum absolute atomic E-state index is 6.08. The number of methoxy groups -OCH3 is 1. The Morgan fingerprint density at radius 2 is 2.12 bits per heavy atom. The summed E-state index contributed by atoms with van der Waals surface area (Å²) in [4.78, 5) is 8.39. The number of hydrogen-bond donors (Lipinski definition) is 2. The third kappa shape index (κ3) is 3.14. The largest absolute Gasteiger partial charge is 0.480 e. The first-order valence-corrected chi connectivity index (χ1v) is 6.14. The van der Waals surface area contributed by atoms with Crippen molar-refractivity contribution in [1.29, 1.82) is 0 Å². The van der Waals surface area contributed by atoms with Gasteiger partial charge in [-0.3, -0.25) is 4.98 Å². The second kappa shape index (κ2) is 5.93. The number of hydrogen-bond acceptors (Lipinski definition) is 5. The Morgan fingerprint density at radius 3 is 2.88 bits per heavy atom. The second-order valence-corrected chi connectivity index (χ2v) is 4.45. The van der Waals surface area contributed by atoms with E-state index in [0.29, 0.717) is 18.5 Å². The number of nitrogens with one attached hydrogen (secondary N) is 1. The first-order chi connectivity index (χ1) is 8.31. The first kappa shape index (κ1) is 12.3. The highest BCUT2D eigenvalue weighted by atomic mass is 16.5. The van der Waals surface area contributed by atoms with Crippen LogP contribution < -0.4 is 15.8 Å². The van der Waals surface area contributed by atoms with Crippen molar-refractivity contribution < 1.29 is 4.74 Å². The molecule has 3 N–H and O–H groups in total. The molecule has 1 fully saturated rings. The highest BCUT2D eigenvalue weighted by Crippen LogP contribution is 2.18. The molecule has 0 unspecified atom stereocenters. The van der Waals surface area contributed by atoms with Gasteiger partial charge in [0.1, 0.15) is 5.69 Å². The highest BCUT2D eigenvalue weighted by Gasteiger charge is 2.21. The number of nitrogens with zero attached hydrogens (tertiary/aromatic N) is 2. The Bertz CT molecular complexity index is 358.